The van der Waals surface area contributed by atoms with Crippen LogP contribution in [0.25, 0.3) is 0 Å². The van der Waals surface area contributed by atoms with Crippen molar-refractivity contribution in [1.29, 1.82) is 0 Å². The molecule has 3 rings (SSSR count). The average molecular weight is 205 g/mol. The first-order chi connectivity index (χ1) is 7.29. The Morgan fingerprint density at radius 2 is 2.27 bits per heavy atom. The smallest absolute Gasteiger partial charge is 0.112 e. The van der Waals surface area contributed by atoms with Gasteiger partial charge in [-0.05, 0) is 42.7 Å². The molecular formula is C13H19NO. The Morgan fingerprint density at radius 1 is 1.47 bits per heavy atom. The van der Waals surface area contributed by atoms with E-state index in [1.54, 1.807) is 0 Å². The first-order valence-corrected chi connectivity index (χ1v) is 6.10. The molecular weight excluding hydrogens is 186 g/mol. The van der Waals surface area contributed by atoms with Gasteiger partial charge in [-0.1, -0.05) is 6.92 Å². The Morgan fingerprint density at radius 3 is 2.87 bits per heavy atom. The van der Waals surface area contributed by atoms with Crippen LogP contribution in [0.3, 0.4) is 0 Å². The van der Waals surface area contributed by atoms with Crippen LogP contribution >= 0.6 is 0 Å². The third-order valence-corrected chi connectivity index (χ3v) is 4.32. The lowest BCUT2D eigenvalue weighted by Gasteiger charge is -2.29. The molecule has 1 atom stereocenters. The number of fused-ring (bicyclic) bond motifs is 1. The molecule has 0 aromatic carbocycles. The zero-order valence-corrected chi connectivity index (χ0v) is 9.38. The summed E-state index contributed by atoms with van der Waals surface area (Å²) in [6, 6.07) is 2.24. The number of aryl methyl sites for hydroxylation is 2. The van der Waals surface area contributed by atoms with Crippen molar-refractivity contribution < 1.29 is 4.42 Å². The van der Waals surface area contributed by atoms with E-state index in [0.717, 1.165) is 18.7 Å². The van der Waals surface area contributed by atoms with Crippen LogP contribution in [0.2, 0.25) is 0 Å². The van der Waals surface area contributed by atoms with E-state index in [4.69, 9.17) is 10.2 Å². The number of nitrogens with two attached hydrogens (primary N) is 1. The van der Waals surface area contributed by atoms with Crippen LogP contribution < -0.4 is 5.73 Å². The Balaban J connectivity index is 2.01. The molecule has 2 aliphatic rings. The molecule has 0 aliphatic heterocycles. The van der Waals surface area contributed by atoms with E-state index in [9.17, 15) is 0 Å². The SMILES string of the molecule is CCc1cc2c(o1)C(CN)C1(CC2)CC1. The van der Waals surface area contributed by atoms with Gasteiger partial charge in [0.2, 0.25) is 0 Å². The van der Waals surface area contributed by atoms with Crippen molar-refractivity contribution in [3.8, 4) is 0 Å². The van der Waals surface area contributed by atoms with Crippen LogP contribution in [0.1, 0.15) is 49.2 Å². The lowest BCUT2D eigenvalue weighted by molar-refractivity contribution is 0.294. The van der Waals surface area contributed by atoms with Crippen molar-refractivity contribution in [3.63, 3.8) is 0 Å². The van der Waals surface area contributed by atoms with E-state index in [2.05, 4.69) is 13.0 Å². The van der Waals surface area contributed by atoms with Crippen molar-refractivity contribution in [1.82, 2.24) is 0 Å². The highest BCUT2D eigenvalue weighted by Gasteiger charge is 2.52. The Kier molecular flexibility index (Phi) is 1.96. The van der Waals surface area contributed by atoms with Gasteiger partial charge >= 0.3 is 0 Å². The number of hydrogen-bond donors (Lipinski definition) is 1. The molecule has 2 aliphatic carbocycles. The topological polar surface area (TPSA) is 39.2 Å². The van der Waals surface area contributed by atoms with Gasteiger partial charge in [0, 0.05) is 18.9 Å². The van der Waals surface area contributed by atoms with Gasteiger partial charge in [-0.25, -0.2) is 0 Å². The number of rotatable bonds is 2. The van der Waals surface area contributed by atoms with Gasteiger partial charge < -0.3 is 10.2 Å². The van der Waals surface area contributed by atoms with Crippen molar-refractivity contribution in [2.45, 2.75) is 44.9 Å². The molecule has 0 amide bonds. The predicted molar refractivity (Wildman–Crippen MR) is 59.9 cm³/mol. The summed E-state index contributed by atoms with van der Waals surface area (Å²) in [6.07, 6.45) is 6.24. The molecule has 0 bridgehead atoms. The molecule has 0 radical (unpaired) electrons. The molecule has 82 valence electrons. The Labute approximate surface area is 90.8 Å². The fourth-order valence-electron chi connectivity index (χ4n) is 3.12. The van der Waals surface area contributed by atoms with Gasteiger partial charge in [0.05, 0.1) is 0 Å². The second kappa shape index (κ2) is 3.11. The second-order valence-electron chi connectivity index (χ2n) is 5.11. The van der Waals surface area contributed by atoms with Crippen LogP contribution in [-0.2, 0) is 12.8 Å². The molecule has 1 fully saturated rings. The van der Waals surface area contributed by atoms with Crippen molar-refractivity contribution in [2.75, 3.05) is 6.54 Å². The quantitative estimate of drug-likeness (QED) is 0.806. The highest BCUT2D eigenvalue weighted by molar-refractivity contribution is 5.32. The Bertz CT molecular complexity index is 376. The maximum Gasteiger partial charge on any atom is 0.112 e. The summed E-state index contributed by atoms with van der Waals surface area (Å²) >= 11 is 0. The fourth-order valence-corrected chi connectivity index (χ4v) is 3.12. The van der Waals surface area contributed by atoms with E-state index in [0.29, 0.717) is 11.3 Å². The molecule has 15 heavy (non-hydrogen) atoms. The predicted octanol–water partition coefficient (Wildman–Crippen LogP) is 2.61. The van der Waals surface area contributed by atoms with E-state index in [1.165, 1.54) is 37.0 Å². The Hall–Kier alpha value is -0.760. The van der Waals surface area contributed by atoms with Crippen molar-refractivity contribution in [2.24, 2.45) is 11.1 Å². The van der Waals surface area contributed by atoms with E-state index >= 15 is 0 Å². The summed E-state index contributed by atoms with van der Waals surface area (Å²) < 4.78 is 5.95. The van der Waals surface area contributed by atoms with Crippen LogP contribution in [0.15, 0.2) is 10.5 Å². The molecule has 1 spiro atoms. The van der Waals surface area contributed by atoms with Crippen molar-refractivity contribution >= 4 is 0 Å². The normalized spacial score (nSPS) is 26.7. The number of hydrogen-bond acceptors (Lipinski definition) is 2. The molecule has 1 aromatic heterocycles. The summed E-state index contributed by atoms with van der Waals surface area (Å²) in [5, 5.41) is 0. The van der Waals surface area contributed by atoms with Crippen LogP contribution in [0, 0.1) is 5.41 Å². The summed E-state index contributed by atoms with van der Waals surface area (Å²) in [5.41, 5.74) is 7.89. The van der Waals surface area contributed by atoms with Gasteiger partial charge in [0.25, 0.3) is 0 Å². The maximum atomic E-state index is 5.95. The average Bonchev–Trinajstić information content (AvgIpc) is 2.90. The van der Waals surface area contributed by atoms with Gasteiger partial charge in [-0.2, -0.15) is 0 Å². The van der Waals surface area contributed by atoms with Gasteiger partial charge in [0.1, 0.15) is 11.5 Å². The molecule has 1 aromatic rings. The molecule has 1 heterocycles. The lowest BCUT2D eigenvalue weighted by atomic mass is 9.76. The monoisotopic (exact) mass is 205 g/mol. The standard InChI is InChI=1S/C13H19NO/c1-2-10-7-9-3-4-13(5-6-13)11(8-14)12(9)15-10/h7,11H,2-6,8,14H2,1H3. The maximum absolute atomic E-state index is 5.95. The highest BCUT2D eigenvalue weighted by Crippen LogP contribution is 2.61. The molecule has 2 N–H and O–H groups in total. The summed E-state index contributed by atoms with van der Waals surface area (Å²) in [6.45, 7) is 2.90. The van der Waals surface area contributed by atoms with Gasteiger partial charge in [-0.15, -0.1) is 0 Å². The minimum Gasteiger partial charge on any atom is -0.465 e. The first-order valence-electron chi connectivity index (χ1n) is 6.10. The number of furan rings is 1. The lowest BCUT2D eigenvalue weighted by Crippen LogP contribution is -2.27. The van der Waals surface area contributed by atoms with Gasteiger partial charge in [-0.3, -0.25) is 0 Å². The molecule has 1 unspecified atom stereocenters. The zero-order valence-electron chi connectivity index (χ0n) is 9.38. The van der Waals surface area contributed by atoms with E-state index < -0.39 is 0 Å². The highest BCUT2D eigenvalue weighted by atomic mass is 16.3. The molecule has 2 heteroatoms. The van der Waals surface area contributed by atoms with Gasteiger partial charge in [0.15, 0.2) is 0 Å². The van der Waals surface area contributed by atoms with Crippen molar-refractivity contribution in [3.05, 3.63) is 23.2 Å². The second-order valence-corrected chi connectivity index (χ2v) is 5.11. The third kappa shape index (κ3) is 1.27. The fraction of sp³-hybridized carbons (Fsp3) is 0.692. The summed E-state index contributed by atoms with van der Waals surface area (Å²) in [4.78, 5) is 0. The molecule has 0 saturated heterocycles. The van der Waals surface area contributed by atoms with Crippen LogP contribution in [0.4, 0.5) is 0 Å². The minimum absolute atomic E-state index is 0.501. The first kappa shape index (κ1) is 9.46. The van der Waals surface area contributed by atoms with E-state index in [-0.39, 0.29) is 0 Å². The largest absolute Gasteiger partial charge is 0.465 e. The van der Waals surface area contributed by atoms with Crippen LogP contribution in [-0.4, -0.2) is 6.54 Å². The third-order valence-electron chi connectivity index (χ3n) is 4.32. The molecule has 2 nitrogen and oxygen atoms in total. The van der Waals surface area contributed by atoms with E-state index in [1.807, 2.05) is 0 Å². The summed E-state index contributed by atoms with van der Waals surface area (Å²) in [7, 11) is 0. The minimum atomic E-state index is 0.501. The zero-order chi connectivity index (χ0) is 10.5. The molecule has 1 saturated carbocycles. The summed E-state index contributed by atoms with van der Waals surface area (Å²) in [5.74, 6) is 2.86. The van der Waals surface area contributed by atoms with Crippen LogP contribution in [0.5, 0.6) is 0 Å².